The number of nitrogens with zero attached hydrogens (tertiary/aromatic N) is 5. The van der Waals surface area contributed by atoms with Gasteiger partial charge in [-0.1, -0.05) is 33.6 Å². The number of piperazine rings is 2. The fourth-order valence-corrected chi connectivity index (χ4v) is 8.75. The van der Waals surface area contributed by atoms with Gasteiger partial charge in [0.15, 0.2) is 0 Å². The molecule has 0 radical (unpaired) electrons. The molecule has 6 rings (SSSR count). The molecule has 0 aromatic rings. The Morgan fingerprint density at radius 3 is 1.67 bits per heavy atom. The monoisotopic (exact) mass is 589 g/mol. The third-order valence-electron chi connectivity index (χ3n) is 11.2. The van der Waals surface area contributed by atoms with E-state index in [1.165, 1.54) is 117 Å². The lowest BCUT2D eigenvalue weighted by Gasteiger charge is -2.44. The van der Waals surface area contributed by atoms with Gasteiger partial charge in [0.25, 0.3) is 0 Å². The predicted molar refractivity (Wildman–Crippen MR) is 181 cm³/mol. The Bertz CT molecular complexity index is 783. The van der Waals surface area contributed by atoms with Gasteiger partial charge in [0.2, 0.25) is 0 Å². The summed E-state index contributed by atoms with van der Waals surface area (Å²) in [5.74, 6) is 2.81. The van der Waals surface area contributed by atoms with Crippen molar-refractivity contribution in [3.05, 3.63) is 0 Å². The fourth-order valence-electron chi connectivity index (χ4n) is 8.75. The number of fused-ring (bicyclic) bond motifs is 2. The van der Waals surface area contributed by atoms with E-state index in [0.717, 1.165) is 29.8 Å². The largest absolute Gasteiger partial charge is 0.316 e. The lowest BCUT2D eigenvalue weighted by atomic mass is 9.84. The Kier molecular flexibility index (Phi) is 11.9. The van der Waals surface area contributed by atoms with E-state index >= 15 is 0 Å². The zero-order valence-electron chi connectivity index (χ0n) is 29.9. The van der Waals surface area contributed by atoms with Crippen LogP contribution in [-0.4, -0.2) is 133 Å². The van der Waals surface area contributed by atoms with Gasteiger partial charge in [-0.3, -0.25) is 19.6 Å². The summed E-state index contributed by atoms with van der Waals surface area (Å²) in [5.41, 5.74) is 1.25. The maximum absolute atomic E-state index is 3.47. The molecular formula is C36H72N6. The van der Waals surface area contributed by atoms with Crippen molar-refractivity contribution in [2.45, 2.75) is 124 Å². The van der Waals surface area contributed by atoms with Crippen LogP contribution in [0.1, 0.15) is 101 Å². The Morgan fingerprint density at radius 1 is 0.595 bits per heavy atom. The third kappa shape index (κ3) is 10.1. The van der Waals surface area contributed by atoms with Crippen LogP contribution in [0.5, 0.6) is 0 Å². The standard InChI is InChI=1S/2C13H26N2.C10H20N2/c1-13(2,3)8-11-7-12-10-14(4)5-6-15(12)9-11;1-13(2,3)15-10-8-14(9-11-15)12-6-4-5-7-12;1-10(2,3)12-6-8-4-11-5-9(8)7-12/h11-12H,5-10H2,1-4H3;12H,4-11H2,1-3H3;8-9,11H,4-7H2,1-3H3. The number of rotatable bonds is 2. The summed E-state index contributed by atoms with van der Waals surface area (Å²) in [5, 5.41) is 3.47. The summed E-state index contributed by atoms with van der Waals surface area (Å²) in [6, 6.07) is 1.78. The van der Waals surface area contributed by atoms with Crippen molar-refractivity contribution in [2.24, 2.45) is 23.2 Å². The quantitative estimate of drug-likeness (QED) is 0.468. The molecule has 6 nitrogen and oxygen atoms in total. The van der Waals surface area contributed by atoms with Gasteiger partial charge in [-0.05, 0) is 111 Å². The molecule has 42 heavy (non-hydrogen) atoms. The molecule has 0 bridgehead atoms. The third-order valence-corrected chi connectivity index (χ3v) is 11.2. The second-order valence-electron chi connectivity index (χ2n) is 18.2. The van der Waals surface area contributed by atoms with Crippen LogP contribution in [0, 0.1) is 23.2 Å². The molecular weight excluding hydrogens is 516 g/mol. The summed E-state index contributed by atoms with van der Waals surface area (Å²) >= 11 is 0. The molecule has 5 aliphatic heterocycles. The van der Waals surface area contributed by atoms with Gasteiger partial charge in [0.05, 0.1) is 0 Å². The average molecular weight is 589 g/mol. The maximum atomic E-state index is 3.47. The zero-order chi connectivity index (χ0) is 30.7. The first-order chi connectivity index (χ1) is 19.6. The molecule has 6 aliphatic rings. The van der Waals surface area contributed by atoms with E-state index in [0.29, 0.717) is 16.5 Å². The second kappa shape index (κ2) is 14.5. The first-order valence-corrected chi connectivity index (χ1v) is 18.0. The molecule has 4 unspecified atom stereocenters. The normalized spacial score (nSPS) is 32.7. The van der Waals surface area contributed by atoms with Crippen molar-refractivity contribution < 1.29 is 0 Å². The number of likely N-dealkylation sites (N-methyl/N-ethyl adjacent to an activating group) is 1. The molecule has 0 aromatic carbocycles. The van der Waals surface area contributed by atoms with Crippen molar-refractivity contribution in [2.75, 3.05) is 85.6 Å². The SMILES string of the molecule is CC(C)(C)N1CC2CNCC2C1.CC(C)(C)N1CCN(C2CCCC2)CC1.CN1CCN2CC(CC(C)(C)C)CC2C1. The first-order valence-electron chi connectivity index (χ1n) is 18.0. The topological polar surface area (TPSA) is 28.2 Å². The van der Waals surface area contributed by atoms with Crippen LogP contribution in [0.15, 0.2) is 0 Å². The highest BCUT2D eigenvalue weighted by molar-refractivity contribution is 4.95. The minimum absolute atomic E-state index is 0.363. The Labute approximate surface area is 262 Å². The van der Waals surface area contributed by atoms with Gasteiger partial charge in [-0.2, -0.15) is 0 Å². The summed E-state index contributed by atoms with van der Waals surface area (Å²) in [6.07, 6.45) is 8.66. The van der Waals surface area contributed by atoms with Crippen LogP contribution in [0.4, 0.5) is 0 Å². The maximum Gasteiger partial charge on any atom is 0.0226 e. The first kappa shape index (κ1) is 34.6. The zero-order valence-corrected chi connectivity index (χ0v) is 29.9. The summed E-state index contributed by atoms with van der Waals surface area (Å²) < 4.78 is 0. The van der Waals surface area contributed by atoms with Crippen molar-refractivity contribution in [3.8, 4) is 0 Å². The van der Waals surface area contributed by atoms with E-state index in [2.05, 4.69) is 99.2 Å². The molecule has 0 spiro atoms. The van der Waals surface area contributed by atoms with Crippen molar-refractivity contribution >= 4 is 0 Å². The molecule has 6 heteroatoms. The summed E-state index contributed by atoms with van der Waals surface area (Å²) in [6.45, 7) is 36.5. The van der Waals surface area contributed by atoms with Crippen LogP contribution < -0.4 is 5.32 Å². The van der Waals surface area contributed by atoms with Gasteiger partial charge in [-0.15, -0.1) is 0 Å². The Balaban J connectivity index is 0.000000146. The molecule has 5 saturated heterocycles. The van der Waals surface area contributed by atoms with E-state index < -0.39 is 0 Å². The van der Waals surface area contributed by atoms with E-state index in [9.17, 15) is 0 Å². The van der Waals surface area contributed by atoms with E-state index in [4.69, 9.17) is 0 Å². The van der Waals surface area contributed by atoms with Crippen molar-refractivity contribution in [1.29, 1.82) is 0 Å². The van der Waals surface area contributed by atoms with Crippen LogP contribution >= 0.6 is 0 Å². The highest BCUT2D eigenvalue weighted by atomic mass is 15.3. The minimum Gasteiger partial charge on any atom is -0.316 e. The molecule has 0 amide bonds. The number of hydrogen-bond acceptors (Lipinski definition) is 6. The molecule has 1 aliphatic carbocycles. The smallest absolute Gasteiger partial charge is 0.0226 e. The Hall–Kier alpha value is -0.240. The van der Waals surface area contributed by atoms with Gasteiger partial charge in [0, 0.05) is 88.6 Å². The lowest BCUT2D eigenvalue weighted by molar-refractivity contribution is 0.0433. The van der Waals surface area contributed by atoms with E-state index in [1.54, 1.807) is 0 Å². The molecule has 1 saturated carbocycles. The predicted octanol–water partition coefficient (Wildman–Crippen LogP) is 5.34. The highest BCUT2D eigenvalue weighted by Crippen LogP contribution is 2.34. The Morgan fingerprint density at radius 2 is 1.14 bits per heavy atom. The van der Waals surface area contributed by atoms with Crippen LogP contribution in [-0.2, 0) is 0 Å². The number of likely N-dealkylation sites (tertiary alicyclic amines) is 1. The van der Waals surface area contributed by atoms with Gasteiger partial charge >= 0.3 is 0 Å². The van der Waals surface area contributed by atoms with E-state index in [1.807, 2.05) is 0 Å². The van der Waals surface area contributed by atoms with E-state index in [-0.39, 0.29) is 0 Å². The van der Waals surface area contributed by atoms with Gasteiger partial charge < -0.3 is 10.2 Å². The van der Waals surface area contributed by atoms with Crippen LogP contribution in [0.3, 0.4) is 0 Å². The number of nitrogens with one attached hydrogen (secondary N) is 1. The molecule has 5 heterocycles. The van der Waals surface area contributed by atoms with Crippen LogP contribution in [0.25, 0.3) is 0 Å². The molecule has 0 aromatic heterocycles. The lowest BCUT2D eigenvalue weighted by Crippen LogP contribution is -2.55. The van der Waals surface area contributed by atoms with Gasteiger partial charge in [0.1, 0.15) is 0 Å². The average Bonchev–Trinajstić information content (AvgIpc) is 3.66. The van der Waals surface area contributed by atoms with Gasteiger partial charge in [-0.25, -0.2) is 0 Å². The summed E-state index contributed by atoms with van der Waals surface area (Å²) in [7, 11) is 2.26. The molecule has 6 fully saturated rings. The highest BCUT2D eigenvalue weighted by Gasteiger charge is 2.40. The summed E-state index contributed by atoms with van der Waals surface area (Å²) in [4.78, 5) is 13.2. The minimum atomic E-state index is 0.363. The van der Waals surface area contributed by atoms with Crippen molar-refractivity contribution in [3.63, 3.8) is 0 Å². The molecule has 246 valence electrons. The second-order valence-corrected chi connectivity index (χ2v) is 18.2. The van der Waals surface area contributed by atoms with Crippen molar-refractivity contribution in [1.82, 2.24) is 29.8 Å². The molecule has 1 N–H and O–H groups in total. The fraction of sp³-hybridized carbons (Fsp3) is 1.00. The number of hydrogen-bond donors (Lipinski definition) is 1. The van der Waals surface area contributed by atoms with Crippen LogP contribution in [0.2, 0.25) is 0 Å². The molecule has 4 atom stereocenters.